The second-order valence-corrected chi connectivity index (χ2v) is 7.48. The van der Waals surface area contributed by atoms with Crippen LogP contribution in [0.5, 0.6) is 0 Å². The maximum absolute atomic E-state index is 11.6. The van der Waals surface area contributed by atoms with Gasteiger partial charge in [0.25, 0.3) is 0 Å². The van der Waals surface area contributed by atoms with Gasteiger partial charge in [-0.3, -0.25) is 0 Å². The fourth-order valence-corrected chi connectivity index (χ4v) is 4.37. The molecule has 124 valence electrons. The van der Waals surface area contributed by atoms with E-state index in [4.69, 9.17) is 4.98 Å². The molecule has 0 aliphatic carbocycles. The Labute approximate surface area is 151 Å². The molecule has 0 fully saturated rings. The molecule has 4 rings (SSSR count). The topological polar surface area (TPSA) is 30.0 Å². The molecule has 0 N–H and O–H groups in total. The summed E-state index contributed by atoms with van der Waals surface area (Å²) in [6, 6.07) is 23.2. The Bertz CT molecular complexity index is 1020. The van der Waals surface area contributed by atoms with Crippen molar-refractivity contribution in [2.24, 2.45) is 0 Å². The van der Waals surface area contributed by atoms with Crippen molar-refractivity contribution in [3.8, 4) is 0 Å². The van der Waals surface area contributed by atoms with E-state index >= 15 is 0 Å². The standard InChI is InChI=1S/C22H19NOS/c1-15(24)10-13-19(22-23-20-8-4-5-9-21(20)25-22)18-12-11-16-6-2-3-7-17(16)14-18/h2-9,11-12,14,19H,10,13H2,1H3. The van der Waals surface area contributed by atoms with Crippen LogP contribution in [-0.4, -0.2) is 10.8 Å². The summed E-state index contributed by atoms with van der Waals surface area (Å²) in [7, 11) is 0. The predicted molar refractivity (Wildman–Crippen MR) is 105 cm³/mol. The number of benzene rings is 3. The first-order chi connectivity index (χ1) is 12.2. The van der Waals surface area contributed by atoms with Crippen LogP contribution in [0.2, 0.25) is 0 Å². The zero-order valence-electron chi connectivity index (χ0n) is 14.1. The molecule has 4 aromatic rings. The average Bonchev–Trinajstić information content (AvgIpc) is 3.05. The zero-order valence-corrected chi connectivity index (χ0v) is 14.9. The van der Waals surface area contributed by atoms with Crippen LogP contribution in [0.4, 0.5) is 0 Å². The van der Waals surface area contributed by atoms with E-state index in [1.165, 1.54) is 21.0 Å². The predicted octanol–water partition coefficient (Wildman–Crippen LogP) is 5.95. The Morgan fingerprint density at radius 1 is 1.00 bits per heavy atom. The van der Waals surface area contributed by atoms with Crippen molar-refractivity contribution in [3.63, 3.8) is 0 Å². The highest BCUT2D eigenvalue weighted by Crippen LogP contribution is 2.36. The molecule has 0 bridgehead atoms. The van der Waals surface area contributed by atoms with Crippen molar-refractivity contribution in [2.45, 2.75) is 25.7 Å². The van der Waals surface area contributed by atoms with Crippen molar-refractivity contribution >= 4 is 38.1 Å². The maximum atomic E-state index is 11.6. The van der Waals surface area contributed by atoms with Gasteiger partial charge in [-0.05, 0) is 41.8 Å². The maximum Gasteiger partial charge on any atom is 0.129 e. The number of ketones is 1. The van der Waals surface area contributed by atoms with E-state index in [0.717, 1.165) is 16.9 Å². The normalized spacial score (nSPS) is 12.5. The van der Waals surface area contributed by atoms with E-state index in [-0.39, 0.29) is 11.7 Å². The molecule has 2 nitrogen and oxygen atoms in total. The van der Waals surface area contributed by atoms with Crippen LogP contribution in [0, 0.1) is 0 Å². The molecule has 1 unspecified atom stereocenters. The molecule has 3 heteroatoms. The number of fused-ring (bicyclic) bond motifs is 2. The first kappa shape index (κ1) is 16.0. The minimum Gasteiger partial charge on any atom is -0.300 e. The van der Waals surface area contributed by atoms with Gasteiger partial charge in [-0.2, -0.15) is 0 Å². The molecular formula is C22H19NOS. The second kappa shape index (κ2) is 6.77. The molecule has 0 amide bonds. The smallest absolute Gasteiger partial charge is 0.129 e. The van der Waals surface area contributed by atoms with Crippen molar-refractivity contribution in [1.82, 2.24) is 4.98 Å². The number of hydrogen-bond acceptors (Lipinski definition) is 3. The minimum absolute atomic E-state index is 0.158. The fraction of sp³-hybridized carbons (Fsp3) is 0.182. The van der Waals surface area contributed by atoms with E-state index in [1.54, 1.807) is 18.3 Å². The van der Waals surface area contributed by atoms with Gasteiger partial charge in [0.1, 0.15) is 10.8 Å². The molecule has 0 aliphatic rings. The van der Waals surface area contributed by atoms with Crippen molar-refractivity contribution in [1.29, 1.82) is 0 Å². The summed E-state index contributed by atoms with van der Waals surface area (Å²) in [5.74, 6) is 0.387. The molecular weight excluding hydrogens is 326 g/mol. The highest BCUT2D eigenvalue weighted by atomic mass is 32.1. The Kier molecular flexibility index (Phi) is 4.33. The lowest BCUT2D eigenvalue weighted by Gasteiger charge is -2.15. The van der Waals surface area contributed by atoms with Crippen LogP contribution in [0.3, 0.4) is 0 Å². The summed E-state index contributed by atoms with van der Waals surface area (Å²) in [5.41, 5.74) is 2.27. The first-order valence-electron chi connectivity index (χ1n) is 8.54. The van der Waals surface area contributed by atoms with E-state index in [0.29, 0.717) is 6.42 Å². The largest absolute Gasteiger partial charge is 0.300 e. The molecule has 0 saturated carbocycles. The van der Waals surface area contributed by atoms with E-state index in [9.17, 15) is 4.79 Å². The van der Waals surface area contributed by atoms with Gasteiger partial charge in [-0.15, -0.1) is 11.3 Å². The minimum atomic E-state index is 0.158. The molecule has 1 heterocycles. The number of aromatic nitrogens is 1. The average molecular weight is 345 g/mol. The number of hydrogen-bond donors (Lipinski definition) is 0. The van der Waals surface area contributed by atoms with Gasteiger partial charge < -0.3 is 4.79 Å². The summed E-state index contributed by atoms with van der Waals surface area (Å²) in [6.45, 7) is 1.66. The van der Waals surface area contributed by atoms with Crippen molar-refractivity contribution in [3.05, 3.63) is 77.3 Å². The first-order valence-corrected chi connectivity index (χ1v) is 9.36. The van der Waals surface area contributed by atoms with Crippen LogP contribution in [0.15, 0.2) is 66.7 Å². The van der Waals surface area contributed by atoms with E-state index in [2.05, 4.69) is 54.6 Å². The van der Waals surface area contributed by atoms with Gasteiger partial charge in [-0.1, -0.05) is 54.6 Å². The van der Waals surface area contributed by atoms with Crippen LogP contribution < -0.4 is 0 Å². The Morgan fingerprint density at radius 2 is 1.76 bits per heavy atom. The van der Waals surface area contributed by atoms with E-state index < -0.39 is 0 Å². The molecule has 0 aliphatic heterocycles. The quantitative estimate of drug-likeness (QED) is 0.447. The summed E-state index contributed by atoms with van der Waals surface area (Å²) in [5, 5.41) is 3.56. The van der Waals surface area contributed by atoms with Gasteiger partial charge in [0, 0.05) is 12.3 Å². The monoisotopic (exact) mass is 345 g/mol. The number of thiazole rings is 1. The van der Waals surface area contributed by atoms with Gasteiger partial charge in [0.05, 0.1) is 10.2 Å². The van der Waals surface area contributed by atoms with Crippen molar-refractivity contribution in [2.75, 3.05) is 0 Å². The lowest BCUT2D eigenvalue weighted by Crippen LogP contribution is -2.03. The summed E-state index contributed by atoms with van der Waals surface area (Å²) < 4.78 is 1.20. The molecule has 25 heavy (non-hydrogen) atoms. The molecule has 0 saturated heterocycles. The van der Waals surface area contributed by atoms with E-state index in [1.807, 2.05) is 12.1 Å². The van der Waals surface area contributed by atoms with Gasteiger partial charge >= 0.3 is 0 Å². The third-order valence-electron chi connectivity index (χ3n) is 4.57. The number of carbonyl (C=O) groups is 1. The van der Waals surface area contributed by atoms with Crippen LogP contribution in [-0.2, 0) is 4.79 Å². The van der Waals surface area contributed by atoms with Crippen LogP contribution in [0.1, 0.15) is 36.3 Å². The molecule has 1 atom stereocenters. The third-order valence-corrected chi connectivity index (χ3v) is 5.72. The number of rotatable bonds is 5. The van der Waals surface area contributed by atoms with Gasteiger partial charge in [0.15, 0.2) is 0 Å². The SMILES string of the molecule is CC(=O)CCC(c1ccc2ccccc2c1)c1nc2ccccc2s1. The van der Waals surface area contributed by atoms with Crippen LogP contribution >= 0.6 is 11.3 Å². The molecule has 0 spiro atoms. The van der Waals surface area contributed by atoms with Gasteiger partial charge in [-0.25, -0.2) is 4.98 Å². The van der Waals surface area contributed by atoms with Crippen LogP contribution in [0.25, 0.3) is 21.0 Å². The lowest BCUT2D eigenvalue weighted by molar-refractivity contribution is -0.117. The number of carbonyl (C=O) groups excluding carboxylic acids is 1. The number of Topliss-reactive ketones (excluding diaryl/α,β-unsaturated/α-hetero) is 1. The molecule has 1 aromatic heterocycles. The Balaban J connectivity index is 1.79. The summed E-state index contributed by atoms with van der Waals surface area (Å²) >= 11 is 1.73. The zero-order chi connectivity index (χ0) is 17.2. The highest BCUT2D eigenvalue weighted by molar-refractivity contribution is 7.18. The lowest BCUT2D eigenvalue weighted by atomic mass is 9.92. The number of nitrogens with zero attached hydrogens (tertiary/aromatic N) is 1. The Hall–Kier alpha value is -2.52. The third kappa shape index (κ3) is 3.33. The number of para-hydroxylation sites is 1. The fourth-order valence-electron chi connectivity index (χ4n) is 3.24. The molecule has 0 radical (unpaired) electrons. The van der Waals surface area contributed by atoms with Crippen molar-refractivity contribution < 1.29 is 4.79 Å². The summed E-state index contributed by atoms with van der Waals surface area (Å²) in [6.07, 6.45) is 1.38. The van der Waals surface area contributed by atoms with Gasteiger partial charge in [0.2, 0.25) is 0 Å². The highest BCUT2D eigenvalue weighted by Gasteiger charge is 2.19. The second-order valence-electron chi connectivity index (χ2n) is 6.42. The summed E-state index contributed by atoms with van der Waals surface area (Å²) in [4.78, 5) is 16.4. The Morgan fingerprint density at radius 3 is 2.56 bits per heavy atom. The molecule has 3 aromatic carbocycles.